The Morgan fingerprint density at radius 1 is 1.25 bits per heavy atom. The van der Waals surface area contributed by atoms with Crippen molar-refractivity contribution in [1.29, 1.82) is 0 Å². The van der Waals surface area contributed by atoms with Crippen LogP contribution in [0.5, 0.6) is 5.75 Å². The molecule has 2 rings (SSSR count). The number of methoxy groups -OCH3 is 1. The number of ether oxygens (including phenoxy) is 1. The summed E-state index contributed by atoms with van der Waals surface area (Å²) in [5, 5.41) is 2.34. The van der Waals surface area contributed by atoms with Gasteiger partial charge in [-0.2, -0.15) is 13.2 Å². The lowest BCUT2D eigenvalue weighted by Crippen LogP contribution is -2.17. The number of para-hydroxylation sites is 1. The van der Waals surface area contributed by atoms with Gasteiger partial charge in [-0.25, -0.2) is 4.39 Å². The Hall–Kier alpha value is -2.09. The van der Waals surface area contributed by atoms with E-state index in [1.165, 1.54) is 19.2 Å². The van der Waals surface area contributed by atoms with Crippen molar-refractivity contribution in [1.82, 2.24) is 0 Å². The lowest BCUT2D eigenvalue weighted by Gasteiger charge is -2.13. The van der Waals surface area contributed by atoms with Crippen LogP contribution in [0.2, 0.25) is 0 Å². The van der Waals surface area contributed by atoms with E-state index >= 15 is 0 Å². The Morgan fingerprint density at radius 3 is 2.54 bits per heavy atom. The van der Waals surface area contributed by atoms with Crippen LogP contribution in [0, 0.1) is 5.82 Å². The van der Waals surface area contributed by atoms with E-state index in [1.807, 2.05) is 0 Å². The van der Waals surface area contributed by atoms with E-state index < -0.39 is 29.9 Å². The highest BCUT2D eigenvalue weighted by atomic mass is 79.9. The molecule has 3 nitrogen and oxygen atoms in total. The fourth-order valence-electron chi connectivity index (χ4n) is 2.07. The molecule has 0 spiro atoms. The van der Waals surface area contributed by atoms with E-state index in [4.69, 9.17) is 4.74 Å². The van der Waals surface area contributed by atoms with Crippen LogP contribution in [-0.2, 0) is 17.4 Å². The van der Waals surface area contributed by atoms with Crippen molar-refractivity contribution in [2.45, 2.75) is 12.6 Å². The number of amides is 1. The molecule has 8 heteroatoms. The zero-order valence-corrected chi connectivity index (χ0v) is 14.0. The monoisotopic (exact) mass is 405 g/mol. The van der Waals surface area contributed by atoms with Gasteiger partial charge in [0.15, 0.2) is 0 Å². The van der Waals surface area contributed by atoms with Crippen molar-refractivity contribution in [3.8, 4) is 5.75 Å². The van der Waals surface area contributed by atoms with Gasteiger partial charge in [0, 0.05) is 10.0 Å². The van der Waals surface area contributed by atoms with Crippen LogP contribution >= 0.6 is 15.9 Å². The maximum Gasteiger partial charge on any atom is 0.416 e. The number of carbonyl (C=O) groups excluding carboxylic acids is 1. The number of anilines is 1. The molecule has 2 aromatic rings. The third-order valence-corrected chi connectivity index (χ3v) is 3.85. The first-order valence-electron chi connectivity index (χ1n) is 6.70. The van der Waals surface area contributed by atoms with Crippen LogP contribution in [-0.4, -0.2) is 13.0 Å². The predicted octanol–water partition coefficient (Wildman–Crippen LogP) is 4.80. The standard InChI is InChI=1S/C16H12BrF4NO2/c1-24-13-6-5-10(16(19,20)21)7-9(13)8-14(23)22-15-11(17)3-2-4-12(15)18/h2-7H,8H2,1H3,(H,22,23). The van der Waals surface area contributed by atoms with Crippen LogP contribution in [0.4, 0.5) is 23.2 Å². The number of halogens is 5. The summed E-state index contributed by atoms with van der Waals surface area (Å²) in [5.74, 6) is -1.18. The first-order chi connectivity index (χ1) is 11.2. The average molecular weight is 406 g/mol. The normalized spacial score (nSPS) is 11.2. The number of rotatable bonds is 4. The van der Waals surface area contributed by atoms with Gasteiger partial charge in [-0.15, -0.1) is 0 Å². The number of alkyl halides is 3. The summed E-state index contributed by atoms with van der Waals surface area (Å²) in [7, 11) is 1.29. The van der Waals surface area contributed by atoms with Gasteiger partial charge in [0.25, 0.3) is 0 Å². The van der Waals surface area contributed by atoms with Crippen molar-refractivity contribution in [2.75, 3.05) is 12.4 Å². The Balaban J connectivity index is 2.25. The number of carbonyl (C=O) groups is 1. The van der Waals surface area contributed by atoms with E-state index in [0.29, 0.717) is 4.47 Å². The van der Waals surface area contributed by atoms with Crippen LogP contribution in [0.25, 0.3) is 0 Å². The summed E-state index contributed by atoms with van der Waals surface area (Å²) >= 11 is 3.10. The molecule has 0 saturated heterocycles. The molecule has 1 N–H and O–H groups in total. The zero-order chi connectivity index (χ0) is 17.9. The van der Waals surface area contributed by atoms with E-state index in [2.05, 4.69) is 21.2 Å². The van der Waals surface area contributed by atoms with Crippen molar-refractivity contribution in [3.63, 3.8) is 0 Å². The zero-order valence-electron chi connectivity index (χ0n) is 12.4. The number of benzene rings is 2. The third-order valence-electron chi connectivity index (χ3n) is 3.19. The van der Waals surface area contributed by atoms with Gasteiger partial charge in [-0.3, -0.25) is 4.79 Å². The summed E-state index contributed by atoms with van der Waals surface area (Å²) in [5.41, 5.74) is -0.913. The molecule has 2 aromatic carbocycles. The van der Waals surface area contributed by atoms with E-state index in [-0.39, 0.29) is 17.0 Å². The molecule has 0 saturated carbocycles. The van der Waals surface area contributed by atoms with Gasteiger partial charge in [0.1, 0.15) is 11.6 Å². The summed E-state index contributed by atoms with van der Waals surface area (Å²) in [6.45, 7) is 0. The van der Waals surface area contributed by atoms with Gasteiger partial charge in [-0.1, -0.05) is 6.07 Å². The minimum Gasteiger partial charge on any atom is -0.496 e. The van der Waals surface area contributed by atoms with Crippen LogP contribution in [0.1, 0.15) is 11.1 Å². The summed E-state index contributed by atoms with van der Waals surface area (Å²) in [4.78, 5) is 12.1. The molecule has 0 aromatic heterocycles. The second-order valence-electron chi connectivity index (χ2n) is 4.85. The van der Waals surface area contributed by atoms with E-state index in [9.17, 15) is 22.4 Å². The molecule has 0 aliphatic rings. The maximum atomic E-state index is 13.7. The van der Waals surface area contributed by atoms with Gasteiger partial charge < -0.3 is 10.1 Å². The molecular formula is C16H12BrF4NO2. The predicted molar refractivity (Wildman–Crippen MR) is 84.4 cm³/mol. The van der Waals surface area contributed by atoms with Crippen molar-refractivity contribution >= 4 is 27.5 Å². The molecule has 0 radical (unpaired) electrons. The Morgan fingerprint density at radius 2 is 1.96 bits per heavy atom. The van der Waals surface area contributed by atoms with E-state index in [1.54, 1.807) is 0 Å². The molecule has 0 aliphatic heterocycles. The Bertz CT molecular complexity index is 742. The Labute approximate surface area is 143 Å². The first-order valence-corrected chi connectivity index (χ1v) is 7.49. The number of nitrogens with one attached hydrogen (secondary N) is 1. The summed E-state index contributed by atoms with van der Waals surface area (Å²) < 4.78 is 57.4. The highest BCUT2D eigenvalue weighted by Gasteiger charge is 2.31. The SMILES string of the molecule is COc1ccc(C(F)(F)F)cc1CC(=O)Nc1c(F)cccc1Br. The van der Waals surface area contributed by atoms with Gasteiger partial charge >= 0.3 is 6.18 Å². The molecular weight excluding hydrogens is 394 g/mol. The maximum absolute atomic E-state index is 13.7. The smallest absolute Gasteiger partial charge is 0.416 e. The van der Waals surface area contributed by atoms with Crippen molar-refractivity contribution in [3.05, 3.63) is 57.8 Å². The fourth-order valence-corrected chi connectivity index (χ4v) is 2.51. The van der Waals surface area contributed by atoms with Crippen LogP contribution in [0.3, 0.4) is 0 Å². The molecule has 1 amide bonds. The molecule has 0 unspecified atom stereocenters. The Kier molecular flexibility index (Phi) is 5.48. The minimum atomic E-state index is -4.54. The largest absolute Gasteiger partial charge is 0.496 e. The van der Waals surface area contributed by atoms with Crippen LogP contribution in [0.15, 0.2) is 40.9 Å². The molecule has 0 heterocycles. The number of hydrogen-bond donors (Lipinski definition) is 1. The van der Waals surface area contributed by atoms with Gasteiger partial charge in [0.2, 0.25) is 5.91 Å². The van der Waals surface area contributed by atoms with Crippen molar-refractivity contribution < 1.29 is 27.1 Å². The third kappa shape index (κ3) is 4.25. The lowest BCUT2D eigenvalue weighted by atomic mass is 10.1. The average Bonchev–Trinajstić information content (AvgIpc) is 2.50. The second-order valence-corrected chi connectivity index (χ2v) is 5.70. The topological polar surface area (TPSA) is 38.3 Å². The van der Waals surface area contributed by atoms with Crippen LogP contribution < -0.4 is 10.1 Å². The number of hydrogen-bond acceptors (Lipinski definition) is 2. The fraction of sp³-hybridized carbons (Fsp3) is 0.188. The summed E-state index contributed by atoms with van der Waals surface area (Å²) in [6.07, 6.45) is -4.93. The molecule has 24 heavy (non-hydrogen) atoms. The van der Waals surface area contributed by atoms with Gasteiger partial charge in [0.05, 0.1) is 24.8 Å². The molecule has 0 atom stereocenters. The van der Waals surface area contributed by atoms with Crippen molar-refractivity contribution in [2.24, 2.45) is 0 Å². The summed E-state index contributed by atoms with van der Waals surface area (Å²) in [6, 6.07) is 6.99. The molecule has 0 bridgehead atoms. The molecule has 0 aliphatic carbocycles. The molecule has 128 valence electrons. The highest BCUT2D eigenvalue weighted by molar-refractivity contribution is 9.10. The van der Waals surface area contributed by atoms with E-state index in [0.717, 1.165) is 24.3 Å². The highest BCUT2D eigenvalue weighted by Crippen LogP contribution is 2.33. The lowest BCUT2D eigenvalue weighted by molar-refractivity contribution is -0.137. The quantitative estimate of drug-likeness (QED) is 0.742. The minimum absolute atomic E-state index is 0.0530. The second kappa shape index (κ2) is 7.21. The van der Waals surface area contributed by atoms with Gasteiger partial charge in [-0.05, 0) is 46.3 Å². The molecule has 0 fully saturated rings. The first kappa shape index (κ1) is 18.3.